The highest BCUT2D eigenvalue weighted by Crippen LogP contribution is 2.25. The molecule has 0 radical (unpaired) electrons. The summed E-state index contributed by atoms with van der Waals surface area (Å²) in [4.78, 5) is 8.01. The maximum absolute atomic E-state index is 6.09. The molecule has 3 nitrogen and oxygen atoms in total. The lowest BCUT2D eigenvalue weighted by Crippen LogP contribution is -2.05. The predicted molar refractivity (Wildman–Crippen MR) is 98.1 cm³/mol. The maximum Gasteiger partial charge on any atom is 0.153 e. The number of hydrogen-bond donors (Lipinski definition) is 1. The quantitative estimate of drug-likeness (QED) is 0.628. The van der Waals surface area contributed by atoms with Crippen LogP contribution in [0.2, 0.25) is 10.0 Å². The minimum absolute atomic E-state index is 0.159. The number of nitrogens with zero attached hydrogens (tertiary/aromatic N) is 1. The summed E-state index contributed by atoms with van der Waals surface area (Å²) >= 11 is 12.1. The number of para-hydroxylation sites is 1. The molecule has 3 rings (SSSR count). The van der Waals surface area contributed by atoms with Crippen LogP contribution < -0.4 is 4.74 Å². The first-order valence-corrected chi connectivity index (χ1v) is 8.49. The van der Waals surface area contributed by atoms with Gasteiger partial charge < -0.3 is 9.72 Å². The number of aryl methyl sites for hydroxylation is 1. The normalized spacial score (nSPS) is 12.2. The Bertz CT molecular complexity index is 831. The number of benzene rings is 2. The molecule has 0 saturated heterocycles. The molecule has 0 saturated carbocycles. The lowest BCUT2D eigenvalue weighted by atomic mass is 10.1. The maximum atomic E-state index is 6.09. The molecule has 0 aliphatic rings. The molecule has 24 heavy (non-hydrogen) atoms. The van der Waals surface area contributed by atoms with Gasteiger partial charge in [-0.1, -0.05) is 47.5 Å². The number of halogens is 2. The van der Waals surface area contributed by atoms with Crippen molar-refractivity contribution in [1.82, 2.24) is 9.97 Å². The Morgan fingerprint density at radius 1 is 1.08 bits per heavy atom. The van der Waals surface area contributed by atoms with Gasteiger partial charge in [-0.2, -0.15) is 0 Å². The third-order valence-electron chi connectivity index (χ3n) is 3.80. The Morgan fingerprint density at radius 2 is 1.83 bits per heavy atom. The van der Waals surface area contributed by atoms with E-state index in [0.717, 1.165) is 28.5 Å². The second-order valence-electron chi connectivity index (χ2n) is 5.69. The average Bonchev–Trinajstić information content (AvgIpc) is 2.93. The van der Waals surface area contributed by atoms with Gasteiger partial charge in [0, 0.05) is 12.1 Å². The molecule has 0 bridgehead atoms. The number of imidazole rings is 1. The van der Waals surface area contributed by atoms with Gasteiger partial charge >= 0.3 is 0 Å². The van der Waals surface area contributed by atoms with E-state index in [-0.39, 0.29) is 6.10 Å². The Labute approximate surface area is 151 Å². The van der Waals surface area contributed by atoms with Crippen molar-refractivity contribution in [2.24, 2.45) is 0 Å². The third-order valence-corrected chi connectivity index (χ3v) is 4.54. The van der Waals surface area contributed by atoms with Crippen LogP contribution in [-0.4, -0.2) is 9.97 Å². The number of aromatic nitrogens is 2. The zero-order valence-corrected chi connectivity index (χ0v) is 15.0. The number of H-pyrrole nitrogens is 1. The fourth-order valence-electron chi connectivity index (χ4n) is 2.49. The highest BCUT2D eigenvalue weighted by Gasteiger charge is 2.15. The van der Waals surface area contributed by atoms with Crippen molar-refractivity contribution in [1.29, 1.82) is 0 Å². The van der Waals surface area contributed by atoms with Gasteiger partial charge in [-0.3, -0.25) is 0 Å². The Morgan fingerprint density at radius 3 is 2.54 bits per heavy atom. The monoisotopic (exact) mass is 360 g/mol. The summed E-state index contributed by atoms with van der Waals surface area (Å²) in [6.45, 7) is 3.99. The number of nitrogens with one attached hydrogen (secondary N) is 1. The summed E-state index contributed by atoms with van der Waals surface area (Å²) in [7, 11) is 0. The van der Waals surface area contributed by atoms with Gasteiger partial charge in [-0.05, 0) is 43.7 Å². The number of rotatable bonds is 5. The lowest BCUT2D eigenvalue weighted by Gasteiger charge is -2.12. The van der Waals surface area contributed by atoms with Crippen molar-refractivity contribution in [3.05, 3.63) is 81.4 Å². The van der Waals surface area contributed by atoms with E-state index >= 15 is 0 Å². The highest BCUT2D eigenvalue weighted by molar-refractivity contribution is 6.42. The van der Waals surface area contributed by atoms with E-state index in [0.29, 0.717) is 16.5 Å². The summed E-state index contributed by atoms with van der Waals surface area (Å²) in [6, 6.07) is 15.4. The van der Waals surface area contributed by atoms with Crippen LogP contribution in [0.25, 0.3) is 0 Å². The van der Waals surface area contributed by atoms with Crippen LogP contribution in [0.4, 0.5) is 0 Å². The van der Waals surface area contributed by atoms with Gasteiger partial charge in [0.05, 0.1) is 15.7 Å². The van der Waals surface area contributed by atoms with Crippen molar-refractivity contribution < 1.29 is 4.74 Å². The van der Waals surface area contributed by atoms with Crippen LogP contribution in [0, 0.1) is 6.92 Å². The van der Waals surface area contributed by atoms with Crippen LogP contribution in [-0.2, 0) is 6.42 Å². The van der Waals surface area contributed by atoms with Gasteiger partial charge in [0.2, 0.25) is 0 Å². The number of ether oxygens (including phenoxy) is 1. The Balaban J connectivity index is 1.75. The summed E-state index contributed by atoms with van der Waals surface area (Å²) in [5.74, 6) is 1.64. The van der Waals surface area contributed by atoms with Gasteiger partial charge in [-0.15, -0.1) is 0 Å². The van der Waals surface area contributed by atoms with E-state index in [9.17, 15) is 0 Å². The lowest BCUT2D eigenvalue weighted by molar-refractivity contribution is 0.217. The van der Waals surface area contributed by atoms with E-state index < -0.39 is 0 Å². The van der Waals surface area contributed by atoms with E-state index in [2.05, 4.69) is 4.98 Å². The molecule has 1 N–H and O–H groups in total. The topological polar surface area (TPSA) is 37.9 Å². The fourth-order valence-corrected chi connectivity index (χ4v) is 2.81. The van der Waals surface area contributed by atoms with E-state index in [1.165, 1.54) is 0 Å². The SMILES string of the molecule is Cc1[nH]c(C(C)Oc2ccccc2)nc1Cc1ccc(Cl)c(Cl)c1. The predicted octanol–water partition coefficient (Wildman–Crippen LogP) is 5.76. The minimum Gasteiger partial charge on any atom is -0.483 e. The molecule has 1 heterocycles. The molecule has 0 amide bonds. The molecule has 0 fully saturated rings. The molecule has 1 unspecified atom stereocenters. The number of hydrogen-bond acceptors (Lipinski definition) is 2. The van der Waals surface area contributed by atoms with Gasteiger partial charge in [0.1, 0.15) is 11.6 Å². The molecule has 2 aromatic carbocycles. The molecule has 0 spiro atoms. The van der Waals surface area contributed by atoms with Crippen LogP contribution in [0.15, 0.2) is 48.5 Å². The van der Waals surface area contributed by atoms with E-state index in [1.807, 2.05) is 62.4 Å². The highest BCUT2D eigenvalue weighted by atomic mass is 35.5. The summed E-state index contributed by atoms with van der Waals surface area (Å²) < 4.78 is 5.92. The molecular formula is C19H18Cl2N2O. The molecule has 0 aliphatic carbocycles. The van der Waals surface area contributed by atoms with Crippen molar-refractivity contribution >= 4 is 23.2 Å². The van der Waals surface area contributed by atoms with E-state index in [4.69, 9.17) is 32.9 Å². The van der Waals surface area contributed by atoms with Crippen molar-refractivity contribution in [3.63, 3.8) is 0 Å². The van der Waals surface area contributed by atoms with Crippen LogP contribution in [0.3, 0.4) is 0 Å². The smallest absolute Gasteiger partial charge is 0.153 e. The summed E-state index contributed by atoms with van der Waals surface area (Å²) in [5, 5.41) is 1.12. The first kappa shape index (κ1) is 16.9. The second kappa shape index (κ2) is 7.29. The molecule has 124 valence electrons. The zero-order valence-electron chi connectivity index (χ0n) is 13.5. The molecule has 1 atom stereocenters. The van der Waals surface area contributed by atoms with Gasteiger partial charge in [0.15, 0.2) is 6.10 Å². The third kappa shape index (κ3) is 3.92. The summed E-state index contributed by atoms with van der Waals surface area (Å²) in [6.07, 6.45) is 0.533. The Kier molecular flexibility index (Phi) is 5.12. The zero-order chi connectivity index (χ0) is 17.1. The average molecular weight is 361 g/mol. The molecule has 1 aromatic heterocycles. The largest absolute Gasteiger partial charge is 0.483 e. The van der Waals surface area contributed by atoms with Crippen LogP contribution in [0.5, 0.6) is 5.75 Å². The first-order valence-electron chi connectivity index (χ1n) is 7.74. The van der Waals surface area contributed by atoms with Crippen molar-refractivity contribution in [2.75, 3.05) is 0 Å². The van der Waals surface area contributed by atoms with Crippen molar-refractivity contribution in [3.8, 4) is 5.75 Å². The minimum atomic E-state index is -0.159. The molecular weight excluding hydrogens is 343 g/mol. The van der Waals surface area contributed by atoms with Gasteiger partial charge in [0.25, 0.3) is 0 Å². The number of aromatic amines is 1. The van der Waals surface area contributed by atoms with Gasteiger partial charge in [-0.25, -0.2) is 4.98 Å². The standard InChI is InChI=1S/C19H18Cl2N2O/c1-12-18(11-14-8-9-16(20)17(21)10-14)23-19(22-12)13(2)24-15-6-4-3-5-7-15/h3-10,13H,11H2,1-2H3,(H,22,23). The molecule has 3 aromatic rings. The fraction of sp³-hybridized carbons (Fsp3) is 0.211. The Hall–Kier alpha value is -1.97. The second-order valence-corrected chi connectivity index (χ2v) is 6.51. The van der Waals surface area contributed by atoms with Crippen LogP contribution in [0.1, 0.15) is 35.8 Å². The summed E-state index contributed by atoms with van der Waals surface area (Å²) in [5.41, 5.74) is 3.08. The molecule has 5 heteroatoms. The molecule has 0 aliphatic heterocycles. The first-order chi connectivity index (χ1) is 11.5. The van der Waals surface area contributed by atoms with Crippen molar-refractivity contribution in [2.45, 2.75) is 26.4 Å². The van der Waals surface area contributed by atoms with E-state index in [1.54, 1.807) is 0 Å². The van der Waals surface area contributed by atoms with Crippen LogP contribution >= 0.6 is 23.2 Å².